The molecule has 1 heterocycles. The van der Waals surface area contributed by atoms with Gasteiger partial charge in [-0.25, -0.2) is 4.79 Å². The number of thioether (sulfide) groups is 1. The SMILES string of the molecule is CSc1nnc(CCCNC(=O)c2ccc(C(=O)O)cc2)n1CC(C)C. The van der Waals surface area contributed by atoms with Crippen LogP contribution in [0.3, 0.4) is 0 Å². The van der Waals surface area contributed by atoms with Crippen molar-refractivity contribution in [3.63, 3.8) is 0 Å². The van der Waals surface area contributed by atoms with E-state index in [0.717, 1.165) is 30.4 Å². The lowest BCUT2D eigenvalue weighted by Gasteiger charge is -2.11. The van der Waals surface area contributed by atoms with E-state index >= 15 is 0 Å². The van der Waals surface area contributed by atoms with E-state index < -0.39 is 5.97 Å². The molecule has 0 radical (unpaired) electrons. The van der Waals surface area contributed by atoms with Gasteiger partial charge in [-0.2, -0.15) is 0 Å². The number of carboxylic acid groups (broad SMARTS) is 1. The Hall–Kier alpha value is -2.35. The topological polar surface area (TPSA) is 97.1 Å². The van der Waals surface area contributed by atoms with Crippen LogP contribution in [0.1, 0.15) is 46.8 Å². The number of nitrogens with zero attached hydrogens (tertiary/aromatic N) is 3. The zero-order valence-corrected chi connectivity index (χ0v) is 16.0. The maximum atomic E-state index is 12.1. The van der Waals surface area contributed by atoms with E-state index in [-0.39, 0.29) is 11.5 Å². The van der Waals surface area contributed by atoms with Crippen molar-refractivity contribution in [2.75, 3.05) is 12.8 Å². The number of aromatic nitrogens is 3. The number of aryl methyl sites for hydroxylation is 1. The van der Waals surface area contributed by atoms with Crippen molar-refractivity contribution in [1.82, 2.24) is 20.1 Å². The van der Waals surface area contributed by atoms with Crippen molar-refractivity contribution in [3.05, 3.63) is 41.2 Å². The Morgan fingerprint density at radius 2 is 1.85 bits per heavy atom. The average molecular weight is 376 g/mol. The number of carboxylic acids is 1. The molecule has 0 atom stereocenters. The highest BCUT2D eigenvalue weighted by molar-refractivity contribution is 7.98. The second-order valence-electron chi connectivity index (χ2n) is 6.35. The standard InChI is InChI=1S/C18H24N4O3S/c1-12(2)11-22-15(20-21-18(22)26-3)5-4-10-19-16(23)13-6-8-14(9-7-13)17(24)25/h6-9,12H,4-5,10-11H2,1-3H3,(H,19,23)(H,24,25). The first kappa shape index (κ1) is 20.0. The Balaban J connectivity index is 1.85. The lowest BCUT2D eigenvalue weighted by atomic mass is 10.1. The molecule has 1 amide bonds. The summed E-state index contributed by atoms with van der Waals surface area (Å²) in [5.74, 6) is 0.217. The van der Waals surface area contributed by atoms with Crippen LogP contribution in [-0.2, 0) is 13.0 Å². The normalized spacial score (nSPS) is 10.9. The first-order valence-corrected chi connectivity index (χ1v) is 9.72. The molecule has 1 aromatic heterocycles. The fourth-order valence-electron chi connectivity index (χ4n) is 2.52. The predicted octanol–water partition coefficient (Wildman–Crippen LogP) is 2.72. The van der Waals surface area contributed by atoms with Gasteiger partial charge in [-0.3, -0.25) is 4.79 Å². The second-order valence-corrected chi connectivity index (χ2v) is 7.12. The Bertz CT molecular complexity index is 756. The van der Waals surface area contributed by atoms with Gasteiger partial charge in [0.1, 0.15) is 5.82 Å². The predicted molar refractivity (Wildman–Crippen MR) is 101 cm³/mol. The molecule has 2 N–H and O–H groups in total. The lowest BCUT2D eigenvalue weighted by Crippen LogP contribution is -2.25. The number of amides is 1. The van der Waals surface area contributed by atoms with Gasteiger partial charge in [-0.15, -0.1) is 10.2 Å². The molecule has 26 heavy (non-hydrogen) atoms. The first-order valence-electron chi connectivity index (χ1n) is 8.50. The van der Waals surface area contributed by atoms with E-state index in [1.807, 2.05) is 6.26 Å². The lowest BCUT2D eigenvalue weighted by molar-refractivity contribution is 0.0696. The van der Waals surface area contributed by atoms with Gasteiger partial charge in [0.25, 0.3) is 5.91 Å². The zero-order valence-electron chi connectivity index (χ0n) is 15.2. The van der Waals surface area contributed by atoms with Crippen molar-refractivity contribution < 1.29 is 14.7 Å². The van der Waals surface area contributed by atoms with E-state index in [1.54, 1.807) is 11.8 Å². The number of benzene rings is 1. The second kappa shape index (κ2) is 9.38. The zero-order chi connectivity index (χ0) is 19.1. The molecular weight excluding hydrogens is 352 g/mol. The van der Waals surface area contributed by atoms with E-state index in [2.05, 4.69) is 33.9 Å². The summed E-state index contributed by atoms with van der Waals surface area (Å²) in [6.45, 7) is 5.71. The van der Waals surface area contributed by atoms with Gasteiger partial charge in [0.2, 0.25) is 0 Å². The minimum absolute atomic E-state index is 0.163. The minimum Gasteiger partial charge on any atom is -0.478 e. The molecule has 1 aromatic carbocycles. The average Bonchev–Trinajstić information content (AvgIpc) is 2.99. The van der Waals surface area contributed by atoms with E-state index in [9.17, 15) is 9.59 Å². The Morgan fingerprint density at radius 3 is 2.42 bits per heavy atom. The fourth-order valence-corrected chi connectivity index (χ4v) is 3.04. The van der Waals surface area contributed by atoms with Crippen LogP contribution >= 0.6 is 11.8 Å². The number of carbonyl (C=O) groups excluding carboxylic acids is 1. The molecule has 0 aliphatic rings. The third-order valence-electron chi connectivity index (χ3n) is 3.78. The highest BCUT2D eigenvalue weighted by atomic mass is 32.2. The number of carbonyl (C=O) groups is 2. The number of rotatable bonds is 9. The Labute approximate surface area is 157 Å². The van der Waals surface area contributed by atoms with Crippen LogP contribution in [0, 0.1) is 5.92 Å². The fraction of sp³-hybridized carbons (Fsp3) is 0.444. The summed E-state index contributed by atoms with van der Waals surface area (Å²) in [5, 5.41) is 21.1. The van der Waals surface area contributed by atoms with Crippen molar-refractivity contribution >= 4 is 23.6 Å². The molecule has 140 valence electrons. The van der Waals surface area contributed by atoms with Crippen LogP contribution < -0.4 is 5.32 Å². The quantitative estimate of drug-likeness (QED) is 0.516. The van der Waals surface area contributed by atoms with Crippen molar-refractivity contribution in [3.8, 4) is 0 Å². The molecule has 2 aromatic rings. The van der Waals surface area contributed by atoms with Crippen LogP contribution in [0.5, 0.6) is 0 Å². The van der Waals surface area contributed by atoms with E-state index in [4.69, 9.17) is 5.11 Å². The molecule has 0 bridgehead atoms. The van der Waals surface area contributed by atoms with Crippen LogP contribution in [0.2, 0.25) is 0 Å². The van der Waals surface area contributed by atoms with Gasteiger partial charge in [0.05, 0.1) is 5.56 Å². The van der Waals surface area contributed by atoms with Crippen LogP contribution in [-0.4, -0.2) is 44.5 Å². The molecule has 0 saturated carbocycles. The van der Waals surface area contributed by atoms with Gasteiger partial charge in [0, 0.05) is 25.1 Å². The smallest absolute Gasteiger partial charge is 0.335 e. The summed E-state index contributed by atoms with van der Waals surface area (Å²) in [5.41, 5.74) is 0.610. The van der Waals surface area contributed by atoms with Crippen molar-refractivity contribution in [2.24, 2.45) is 5.92 Å². The van der Waals surface area contributed by atoms with Crippen LogP contribution in [0.4, 0.5) is 0 Å². The minimum atomic E-state index is -1.01. The molecule has 8 heteroatoms. The molecule has 2 rings (SSSR count). The summed E-state index contributed by atoms with van der Waals surface area (Å²) >= 11 is 1.58. The van der Waals surface area contributed by atoms with Crippen LogP contribution in [0.15, 0.2) is 29.4 Å². The number of hydrogen-bond donors (Lipinski definition) is 2. The summed E-state index contributed by atoms with van der Waals surface area (Å²) in [4.78, 5) is 22.9. The van der Waals surface area contributed by atoms with Gasteiger partial charge in [-0.1, -0.05) is 25.6 Å². The third kappa shape index (κ3) is 5.32. The first-order chi connectivity index (χ1) is 12.4. The summed E-state index contributed by atoms with van der Waals surface area (Å²) in [6.07, 6.45) is 3.47. The number of hydrogen-bond acceptors (Lipinski definition) is 5. The third-order valence-corrected chi connectivity index (χ3v) is 4.45. The molecule has 0 saturated heterocycles. The van der Waals surface area contributed by atoms with Crippen molar-refractivity contribution in [1.29, 1.82) is 0 Å². The Kier molecular flexibility index (Phi) is 7.20. The molecule has 0 spiro atoms. The molecular formula is C18H24N4O3S. The monoisotopic (exact) mass is 376 g/mol. The number of aromatic carboxylic acids is 1. The molecule has 7 nitrogen and oxygen atoms in total. The molecule has 0 aliphatic carbocycles. The van der Waals surface area contributed by atoms with Gasteiger partial charge >= 0.3 is 5.97 Å². The molecule has 0 unspecified atom stereocenters. The number of nitrogens with one attached hydrogen (secondary N) is 1. The van der Waals surface area contributed by atoms with E-state index in [0.29, 0.717) is 18.0 Å². The van der Waals surface area contributed by atoms with Gasteiger partial charge < -0.3 is 15.0 Å². The maximum Gasteiger partial charge on any atom is 0.335 e. The van der Waals surface area contributed by atoms with Crippen LogP contribution in [0.25, 0.3) is 0 Å². The summed E-state index contributed by atoms with van der Waals surface area (Å²) in [6, 6.07) is 5.89. The van der Waals surface area contributed by atoms with Crippen molar-refractivity contribution in [2.45, 2.75) is 38.4 Å². The largest absolute Gasteiger partial charge is 0.478 e. The van der Waals surface area contributed by atoms with E-state index in [1.165, 1.54) is 24.3 Å². The maximum absolute atomic E-state index is 12.1. The summed E-state index contributed by atoms with van der Waals surface area (Å²) < 4.78 is 2.14. The highest BCUT2D eigenvalue weighted by Crippen LogP contribution is 2.16. The highest BCUT2D eigenvalue weighted by Gasteiger charge is 2.13. The Morgan fingerprint density at radius 1 is 1.19 bits per heavy atom. The molecule has 0 fully saturated rings. The van der Waals surface area contributed by atoms with Gasteiger partial charge in [-0.05, 0) is 42.9 Å². The molecule has 0 aliphatic heterocycles. The summed E-state index contributed by atoms with van der Waals surface area (Å²) in [7, 11) is 0. The van der Waals surface area contributed by atoms with Gasteiger partial charge in [0.15, 0.2) is 5.16 Å².